The first-order valence-corrected chi connectivity index (χ1v) is 11.8. The summed E-state index contributed by atoms with van der Waals surface area (Å²) in [5.74, 6) is -1.39. The van der Waals surface area contributed by atoms with E-state index < -0.39 is 17.5 Å². The number of aliphatic carboxylic acids is 1. The fraction of sp³-hybridized carbons (Fsp3) is 0.370. The lowest BCUT2D eigenvalue weighted by Crippen LogP contribution is -2.48. The Morgan fingerprint density at radius 2 is 1.74 bits per heavy atom. The molecule has 0 saturated carbocycles. The van der Waals surface area contributed by atoms with Crippen LogP contribution < -0.4 is 10.6 Å². The molecule has 1 aliphatic heterocycles. The normalized spacial score (nSPS) is 19.4. The number of hydrogen-bond acceptors (Lipinski definition) is 5. The second-order valence-electron chi connectivity index (χ2n) is 9.02. The number of alkyl carbamates (subject to hydrolysis) is 1. The van der Waals surface area contributed by atoms with Crippen molar-refractivity contribution in [2.75, 3.05) is 32.9 Å². The van der Waals surface area contributed by atoms with Crippen LogP contribution in [0.4, 0.5) is 4.79 Å². The van der Waals surface area contributed by atoms with E-state index in [1.807, 2.05) is 24.3 Å². The third-order valence-electron chi connectivity index (χ3n) is 6.72. The molecule has 1 fully saturated rings. The summed E-state index contributed by atoms with van der Waals surface area (Å²) in [7, 11) is 0. The number of carbonyl (C=O) groups excluding carboxylic acids is 2. The monoisotopic (exact) mass is 478 g/mol. The Hall–Kier alpha value is -3.65. The Bertz CT molecular complexity index is 1090. The molecular formula is C27H30N2O6. The van der Waals surface area contributed by atoms with E-state index in [1.165, 1.54) is 0 Å². The number of fused-ring (bicyclic) bond motifs is 3. The van der Waals surface area contributed by atoms with E-state index in [2.05, 4.69) is 34.9 Å². The number of ether oxygens (including phenoxy) is 2. The number of amides is 2. The molecule has 1 atom stereocenters. The highest BCUT2D eigenvalue weighted by Gasteiger charge is 2.41. The van der Waals surface area contributed by atoms with Crippen molar-refractivity contribution in [3.63, 3.8) is 0 Å². The third-order valence-corrected chi connectivity index (χ3v) is 6.72. The largest absolute Gasteiger partial charge is 0.481 e. The van der Waals surface area contributed by atoms with E-state index in [-0.39, 0.29) is 38.1 Å². The second kappa shape index (κ2) is 10.7. The van der Waals surface area contributed by atoms with Crippen LogP contribution in [0.2, 0.25) is 0 Å². The van der Waals surface area contributed by atoms with Gasteiger partial charge in [-0.15, -0.1) is 0 Å². The molecule has 4 rings (SSSR count). The molecule has 8 heteroatoms. The minimum absolute atomic E-state index is 0.00778. The van der Waals surface area contributed by atoms with Crippen LogP contribution in [0.25, 0.3) is 11.1 Å². The van der Waals surface area contributed by atoms with E-state index >= 15 is 0 Å². The van der Waals surface area contributed by atoms with Crippen LogP contribution in [0.15, 0.2) is 60.2 Å². The smallest absolute Gasteiger partial charge is 0.407 e. The molecule has 1 saturated heterocycles. The van der Waals surface area contributed by atoms with Crippen LogP contribution in [-0.4, -0.2) is 56.0 Å². The molecule has 0 spiro atoms. The molecule has 3 N–H and O–H groups in total. The van der Waals surface area contributed by atoms with Crippen molar-refractivity contribution in [1.82, 2.24) is 10.6 Å². The quantitative estimate of drug-likeness (QED) is 0.501. The Kier molecular flexibility index (Phi) is 7.51. The second-order valence-corrected chi connectivity index (χ2v) is 9.02. The van der Waals surface area contributed by atoms with Crippen LogP contribution in [0.3, 0.4) is 0 Å². The van der Waals surface area contributed by atoms with Crippen molar-refractivity contribution in [3.05, 3.63) is 71.3 Å². The lowest BCUT2D eigenvalue weighted by atomic mass is 9.82. The van der Waals surface area contributed by atoms with Gasteiger partial charge in [-0.25, -0.2) is 4.79 Å². The summed E-state index contributed by atoms with van der Waals surface area (Å²) in [6, 6.07) is 16.2. The van der Waals surface area contributed by atoms with Crippen molar-refractivity contribution >= 4 is 18.0 Å². The number of benzene rings is 2. The highest BCUT2D eigenvalue weighted by atomic mass is 16.5. The molecule has 0 radical (unpaired) electrons. The molecule has 2 amide bonds. The maximum Gasteiger partial charge on any atom is 0.407 e. The van der Waals surface area contributed by atoms with Crippen LogP contribution in [0.5, 0.6) is 0 Å². The first kappa shape index (κ1) is 24.5. The fourth-order valence-electron chi connectivity index (χ4n) is 4.65. The summed E-state index contributed by atoms with van der Waals surface area (Å²) in [4.78, 5) is 36.4. The molecule has 184 valence electrons. The Labute approximate surface area is 204 Å². The molecule has 1 heterocycles. The third kappa shape index (κ3) is 5.38. The lowest BCUT2D eigenvalue weighted by Gasteiger charge is -2.33. The summed E-state index contributed by atoms with van der Waals surface area (Å²) in [6.45, 7) is 2.54. The van der Waals surface area contributed by atoms with Crippen LogP contribution >= 0.6 is 0 Å². The van der Waals surface area contributed by atoms with Gasteiger partial charge in [0.2, 0.25) is 5.91 Å². The highest BCUT2D eigenvalue weighted by molar-refractivity contribution is 5.93. The molecule has 2 aliphatic rings. The highest BCUT2D eigenvalue weighted by Crippen LogP contribution is 2.44. The van der Waals surface area contributed by atoms with Gasteiger partial charge < -0.3 is 25.2 Å². The predicted molar refractivity (Wildman–Crippen MR) is 130 cm³/mol. The minimum atomic E-state index is -1.10. The summed E-state index contributed by atoms with van der Waals surface area (Å²) < 4.78 is 10.8. The maximum atomic E-state index is 12.4. The molecular weight excluding hydrogens is 448 g/mol. The number of nitrogens with one attached hydrogen (secondary N) is 2. The van der Waals surface area contributed by atoms with Crippen molar-refractivity contribution in [3.8, 4) is 11.1 Å². The van der Waals surface area contributed by atoms with Gasteiger partial charge in [0.25, 0.3) is 0 Å². The molecule has 2 aromatic rings. The first-order valence-electron chi connectivity index (χ1n) is 11.8. The van der Waals surface area contributed by atoms with Gasteiger partial charge in [0.1, 0.15) is 12.0 Å². The van der Waals surface area contributed by atoms with Gasteiger partial charge in [-0.1, -0.05) is 54.6 Å². The number of carbonyl (C=O) groups is 3. The number of carboxylic acids is 1. The SMILES string of the molecule is C/C(=C\CNC(=O)OCC1c2ccccc2-c2ccccc21)C(=O)NCC1(C(=O)O)CCCOC1. The van der Waals surface area contributed by atoms with Gasteiger partial charge in [-0.3, -0.25) is 9.59 Å². The molecule has 1 aliphatic carbocycles. The average molecular weight is 479 g/mol. The van der Waals surface area contributed by atoms with Gasteiger partial charge in [-0.05, 0) is 42.0 Å². The van der Waals surface area contributed by atoms with E-state index in [9.17, 15) is 19.5 Å². The minimum Gasteiger partial charge on any atom is -0.481 e. The lowest BCUT2D eigenvalue weighted by molar-refractivity contribution is -0.157. The van der Waals surface area contributed by atoms with Crippen LogP contribution in [-0.2, 0) is 19.1 Å². The van der Waals surface area contributed by atoms with Crippen molar-refractivity contribution in [1.29, 1.82) is 0 Å². The Morgan fingerprint density at radius 3 is 2.34 bits per heavy atom. The summed E-state index contributed by atoms with van der Waals surface area (Å²) in [6.07, 6.45) is 2.10. The number of carboxylic acid groups (broad SMARTS) is 1. The van der Waals surface area contributed by atoms with E-state index in [4.69, 9.17) is 9.47 Å². The fourth-order valence-corrected chi connectivity index (χ4v) is 4.65. The van der Waals surface area contributed by atoms with Crippen molar-refractivity contribution in [2.45, 2.75) is 25.7 Å². The topological polar surface area (TPSA) is 114 Å². The van der Waals surface area contributed by atoms with Gasteiger partial charge in [-0.2, -0.15) is 0 Å². The molecule has 35 heavy (non-hydrogen) atoms. The molecule has 2 aromatic carbocycles. The zero-order valence-corrected chi connectivity index (χ0v) is 19.7. The summed E-state index contributed by atoms with van der Waals surface area (Å²) in [5.41, 5.74) is 3.86. The molecule has 0 bridgehead atoms. The summed E-state index contributed by atoms with van der Waals surface area (Å²) >= 11 is 0. The number of rotatable bonds is 8. The van der Waals surface area contributed by atoms with E-state index in [1.54, 1.807) is 13.0 Å². The Morgan fingerprint density at radius 1 is 1.09 bits per heavy atom. The Balaban J connectivity index is 1.26. The van der Waals surface area contributed by atoms with E-state index in [0.717, 1.165) is 22.3 Å². The van der Waals surface area contributed by atoms with Gasteiger partial charge in [0.15, 0.2) is 0 Å². The standard InChI is InChI=1S/C27H30N2O6/c1-18(24(30)29-16-27(25(31)32)12-6-14-34-17-27)11-13-28-26(33)35-15-23-21-9-4-2-7-19(21)20-8-3-5-10-22(20)23/h2-5,7-11,23H,6,12-17H2,1H3,(H,28,33)(H,29,30)(H,31,32)/b18-11+. The van der Waals surface area contributed by atoms with Gasteiger partial charge >= 0.3 is 12.1 Å². The number of hydrogen-bond donors (Lipinski definition) is 3. The molecule has 1 unspecified atom stereocenters. The van der Waals surface area contributed by atoms with Crippen LogP contribution in [0.1, 0.15) is 36.8 Å². The molecule has 0 aromatic heterocycles. The maximum absolute atomic E-state index is 12.4. The van der Waals surface area contributed by atoms with Crippen molar-refractivity contribution < 1.29 is 29.0 Å². The molecule has 8 nitrogen and oxygen atoms in total. The predicted octanol–water partition coefficient (Wildman–Crippen LogP) is 3.47. The van der Waals surface area contributed by atoms with Gasteiger partial charge in [0, 0.05) is 31.2 Å². The summed E-state index contributed by atoms with van der Waals surface area (Å²) in [5, 5.41) is 14.9. The van der Waals surface area contributed by atoms with Gasteiger partial charge in [0.05, 0.1) is 6.61 Å². The van der Waals surface area contributed by atoms with E-state index in [0.29, 0.717) is 25.0 Å². The van der Waals surface area contributed by atoms with Crippen LogP contribution in [0, 0.1) is 5.41 Å². The zero-order valence-electron chi connectivity index (χ0n) is 19.7. The van der Waals surface area contributed by atoms with Crippen molar-refractivity contribution in [2.24, 2.45) is 5.41 Å². The zero-order chi connectivity index (χ0) is 24.8. The first-order chi connectivity index (χ1) is 16.9. The average Bonchev–Trinajstić information content (AvgIpc) is 3.20.